The first-order valence-corrected chi connectivity index (χ1v) is 11.6. The fourth-order valence-electron chi connectivity index (χ4n) is 4.93. The Labute approximate surface area is 184 Å². The van der Waals surface area contributed by atoms with Gasteiger partial charge in [-0.15, -0.1) is 0 Å². The highest BCUT2D eigenvalue weighted by atomic mass is 16.5. The number of ether oxygens (including phenoxy) is 3. The van der Waals surface area contributed by atoms with Crippen molar-refractivity contribution in [1.29, 1.82) is 0 Å². The fourth-order valence-corrected chi connectivity index (χ4v) is 4.93. The maximum atomic E-state index is 13.5. The molecule has 2 heterocycles. The number of methoxy groups -OCH3 is 1. The second-order valence-electron chi connectivity index (χ2n) is 8.67. The number of hydrogen-bond donors (Lipinski definition) is 0. The van der Waals surface area contributed by atoms with Gasteiger partial charge in [0.2, 0.25) is 0 Å². The van der Waals surface area contributed by atoms with Crippen LogP contribution in [0.15, 0.2) is 35.6 Å². The highest BCUT2D eigenvalue weighted by Gasteiger charge is 2.51. The van der Waals surface area contributed by atoms with Crippen molar-refractivity contribution in [3.05, 3.63) is 41.2 Å². The first kappa shape index (κ1) is 21.9. The molecule has 3 aliphatic rings. The normalized spacial score (nSPS) is 25.4. The molecule has 0 spiro atoms. The molecule has 1 aromatic rings. The van der Waals surface area contributed by atoms with Crippen LogP contribution in [-0.4, -0.2) is 49.6 Å². The number of Topliss-reactive ketones (excluding diaryl/α,β-unsaturated/α-hetero) is 1. The second kappa shape index (κ2) is 9.86. The minimum absolute atomic E-state index is 0.0989. The molecule has 0 bridgehead atoms. The van der Waals surface area contributed by atoms with E-state index in [1.54, 1.807) is 12.0 Å². The van der Waals surface area contributed by atoms with Crippen LogP contribution in [0.2, 0.25) is 0 Å². The summed E-state index contributed by atoms with van der Waals surface area (Å²) in [5.41, 5.74) is 1.47. The Bertz CT molecular complexity index is 831. The standard InChI is InChI=1S/C25H33NO5/c1-3-4-16-30-18-12-10-17(11-13-18)22-21-23(27)19-8-5-6-9-20(19)31-24(21)25(28)26(22)14-7-15-29-2/h10-13,19-20,22H,3-9,14-16H2,1-2H3. The SMILES string of the molecule is CCCCOc1ccc(C2C3=C(OC4CCCCC4C3=O)C(=O)N2CCCOC)cc1. The average Bonchev–Trinajstić information content (AvgIpc) is 3.07. The molecule has 1 aromatic carbocycles. The van der Waals surface area contributed by atoms with Crippen molar-refractivity contribution in [3.8, 4) is 5.75 Å². The molecule has 0 aromatic heterocycles. The van der Waals surface area contributed by atoms with Gasteiger partial charge in [0.25, 0.3) is 5.91 Å². The van der Waals surface area contributed by atoms with E-state index in [1.165, 1.54) is 0 Å². The molecule has 31 heavy (non-hydrogen) atoms. The van der Waals surface area contributed by atoms with Crippen LogP contribution in [0.5, 0.6) is 5.75 Å². The van der Waals surface area contributed by atoms with Crippen molar-refractivity contribution in [3.63, 3.8) is 0 Å². The van der Waals surface area contributed by atoms with Crippen molar-refractivity contribution >= 4 is 11.7 Å². The predicted molar refractivity (Wildman–Crippen MR) is 117 cm³/mol. The van der Waals surface area contributed by atoms with Crippen LogP contribution in [-0.2, 0) is 19.1 Å². The molecular weight excluding hydrogens is 394 g/mol. The zero-order valence-corrected chi connectivity index (χ0v) is 18.6. The molecule has 3 unspecified atom stereocenters. The van der Waals surface area contributed by atoms with Crippen LogP contribution in [0, 0.1) is 5.92 Å². The van der Waals surface area contributed by atoms with Crippen molar-refractivity contribution in [2.24, 2.45) is 5.92 Å². The zero-order valence-electron chi connectivity index (χ0n) is 18.6. The van der Waals surface area contributed by atoms with E-state index in [1.807, 2.05) is 24.3 Å². The van der Waals surface area contributed by atoms with Crippen LogP contribution < -0.4 is 4.74 Å². The Morgan fingerprint density at radius 1 is 1.06 bits per heavy atom. The van der Waals surface area contributed by atoms with E-state index >= 15 is 0 Å². The first-order chi connectivity index (χ1) is 15.2. The summed E-state index contributed by atoms with van der Waals surface area (Å²) in [5.74, 6) is 0.885. The molecule has 2 aliphatic heterocycles. The predicted octanol–water partition coefficient (Wildman–Crippen LogP) is 4.20. The molecule has 3 atom stereocenters. The van der Waals surface area contributed by atoms with Gasteiger partial charge in [-0.1, -0.05) is 31.9 Å². The number of ketones is 1. The number of rotatable bonds is 9. The average molecular weight is 428 g/mol. The van der Waals surface area contributed by atoms with Crippen LogP contribution in [0.1, 0.15) is 63.5 Å². The molecular formula is C25H33NO5. The number of unbranched alkanes of at least 4 members (excludes halogenated alkanes) is 1. The molecule has 4 rings (SSSR count). The lowest BCUT2D eigenvalue weighted by Gasteiger charge is -2.35. The topological polar surface area (TPSA) is 65.1 Å². The van der Waals surface area contributed by atoms with E-state index in [4.69, 9.17) is 14.2 Å². The summed E-state index contributed by atoms with van der Waals surface area (Å²) in [7, 11) is 1.65. The van der Waals surface area contributed by atoms with Gasteiger partial charge in [0.05, 0.1) is 24.1 Å². The second-order valence-corrected chi connectivity index (χ2v) is 8.67. The van der Waals surface area contributed by atoms with Crippen molar-refractivity contribution < 1.29 is 23.8 Å². The number of amides is 1. The monoisotopic (exact) mass is 427 g/mol. The van der Waals surface area contributed by atoms with Gasteiger partial charge in [0, 0.05) is 20.3 Å². The molecule has 0 saturated heterocycles. The maximum absolute atomic E-state index is 13.5. The molecule has 1 aliphatic carbocycles. The summed E-state index contributed by atoms with van der Waals surface area (Å²) in [4.78, 5) is 28.6. The summed E-state index contributed by atoms with van der Waals surface area (Å²) in [6.07, 6.45) is 6.42. The quantitative estimate of drug-likeness (QED) is 0.553. The third kappa shape index (κ3) is 4.36. The van der Waals surface area contributed by atoms with Crippen molar-refractivity contribution in [2.45, 2.75) is 64.0 Å². The van der Waals surface area contributed by atoms with Gasteiger partial charge in [-0.2, -0.15) is 0 Å². The fraction of sp³-hybridized carbons (Fsp3) is 0.600. The van der Waals surface area contributed by atoms with E-state index in [2.05, 4.69) is 6.92 Å². The smallest absolute Gasteiger partial charge is 0.290 e. The lowest BCUT2D eigenvalue weighted by molar-refractivity contribution is -0.135. The van der Waals surface area contributed by atoms with E-state index < -0.39 is 6.04 Å². The number of benzene rings is 1. The number of carbonyl (C=O) groups excluding carboxylic acids is 2. The van der Waals surface area contributed by atoms with E-state index in [0.717, 1.165) is 49.8 Å². The van der Waals surface area contributed by atoms with Crippen LogP contribution in [0.4, 0.5) is 0 Å². The van der Waals surface area contributed by atoms with Gasteiger partial charge in [0.15, 0.2) is 11.5 Å². The Hall–Kier alpha value is -2.34. The number of hydrogen-bond acceptors (Lipinski definition) is 5. The van der Waals surface area contributed by atoms with Crippen molar-refractivity contribution in [2.75, 3.05) is 26.9 Å². The van der Waals surface area contributed by atoms with Crippen LogP contribution >= 0.6 is 0 Å². The summed E-state index contributed by atoms with van der Waals surface area (Å²) >= 11 is 0. The summed E-state index contributed by atoms with van der Waals surface area (Å²) in [5, 5.41) is 0. The Kier molecular flexibility index (Phi) is 6.96. The van der Waals surface area contributed by atoms with Gasteiger partial charge in [-0.3, -0.25) is 9.59 Å². The largest absolute Gasteiger partial charge is 0.494 e. The molecule has 1 fully saturated rings. The zero-order chi connectivity index (χ0) is 21.8. The third-order valence-electron chi connectivity index (χ3n) is 6.57. The minimum Gasteiger partial charge on any atom is -0.494 e. The summed E-state index contributed by atoms with van der Waals surface area (Å²) < 4.78 is 17.2. The highest BCUT2D eigenvalue weighted by Crippen LogP contribution is 2.46. The lowest BCUT2D eigenvalue weighted by Crippen LogP contribution is -2.39. The van der Waals surface area contributed by atoms with Crippen molar-refractivity contribution in [1.82, 2.24) is 4.90 Å². The molecule has 1 saturated carbocycles. The highest BCUT2D eigenvalue weighted by molar-refractivity contribution is 6.11. The van der Waals surface area contributed by atoms with Gasteiger partial charge < -0.3 is 19.1 Å². The van der Waals surface area contributed by atoms with Crippen LogP contribution in [0.25, 0.3) is 0 Å². The Morgan fingerprint density at radius 3 is 2.58 bits per heavy atom. The molecule has 1 amide bonds. The molecule has 0 radical (unpaired) electrons. The molecule has 6 heteroatoms. The van der Waals surface area contributed by atoms with Gasteiger partial charge >= 0.3 is 0 Å². The minimum atomic E-state index is -0.403. The number of fused-ring (bicyclic) bond motifs is 1. The molecule has 168 valence electrons. The van der Waals surface area contributed by atoms with Gasteiger partial charge in [-0.25, -0.2) is 0 Å². The summed E-state index contributed by atoms with van der Waals surface area (Å²) in [6, 6.07) is 7.40. The summed E-state index contributed by atoms with van der Waals surface area (Å²) in [6.45, 7) is 3.90. The third-order valence-corrected chi connectivity index (χ3v) is 6.57. The first-order valence-electron chi connectivity index (χ1n) is 11.6. The van der Waals surface area contributed by atoms with Gasteiger partial charge in [-0.05, 0) is 49.8 Å². The number of carbonyl (C=O) groups is 2. The van der Waals surface area contributed by atoms with Crippen LogP contribution in [0.3, 0.4) is 0 Å². The maximum Gasteiger partial charge on any atom is 0.290 e. The lowest BCUT2D eigenvalue weighted by atomic mass is 9.77. The Morgan fingerprint density at radius 2 is 1.84 bits per heavy atom. The van der Waals surface area contributed by atoms with E-state index in [9.17, 15) is 9.59 Å². The number of nitrogens with zero attached hydrogens (tertiary/aromatic N) is 1. The van der Waals surface area contributed by atoms with E-state index in [-0.39, 0.29) is 29.5 Å². The molecule has 0 N–H and O–H groups in total. The van der Waals surface area contributed by atoms with Gasteiger partial charge in [0.1, 0.15) is 11.9 Å². The van der Waals surface area contributed by atoms with E-state index in [0.29, 0.717) is 31.8 Å². The molecule has 6 nitrogen and oxygen atoms in total. The Balaban J connectivity index is 1.63.